The van der Waals surface area contributed by atoms with Crippen molar-refractivity contribution in [1.29, 1.82) is 0 Å². The Bertz CT molecular complexity index is 989. The van der Waals surface area contributed by atoms with Crippen molar-refractivity contribution in [2.24, 2.45) is 11.1 Å². The van der Waals surface area contributed by atoms with Crippen LogP contribution in [-0.4, -0.2) is 34.2 Å². The summed E-state index contributed by atoms with van der Waals surface area (Å²) in [7, 11) is 0. The van der Waals surface area contributed by atoms with Gasteiger partial charge in [0.15, 0.2) is 5.65 Å². The van der Waals surface area contributed by atoms with Crippen LogP contribution >= 0.6 is 23.2 Å². The molecule has 0 bridgehead atoms. The van der Waals surface area contributed by atoms with Crippen molar-refractivity contribution >= 4 is 34.7 Å². The average Bonchev–Trinajstić information content (AvgIpc) is 3.14. The Kier molecular flexibility index (Phi) is 4.78. The van der Waals surface area contributed by atoms with Gasteiger partial charge in [0, 0.05) is 24.2 Å². The van der Waals surface area contributed by atoms with E-state index in [4.69, 9.17) is 28.9 Å². The minimum absolute atomic E-state index is 0.223. The van der Waals surface area contributed by atoms with Gasteiger partial charge < -0.3 is 10.6 Å². The topological polar surface area (TPSA) is 59.5 Å². The molecule has 1 fully saturated rings. The second-order valence-corrected chi connectivity index (χ2v) is 8.44. The van der Waals surface area contributed by atoms with E-state index in [1.54, 1.807) is 12.4 Å². The number of fused-ring (bicyclic) bond motifs is 1. The number of anilines is 1. The van der Waals surface area contributed by atoms with E-state index in [1.807, 2.05) is 16.6 Å². The molecule has 0 radical (unpaired) electrons. The van der Waals surface area contributed by atoms with Gasteiger partial charge in [0.05, 0.1) is 10.0 Å². The molecule has 0 saturated carbocycles. The lowest BCUT2D eigenvalue weighted by Gasteiger charge is -2.39. The second kappa shape index (κ2) is 6.97. The van der Waals surface area contributed by atoms with Crippen LogP contribution in [0.3, 0.4) is 0 Å². The third kappa shape index (κ3) is 3.18. The van der Waals surface area contributed by atoms with Crippen LogP contribution in [-0.2, 0) is 0 Å². The zero-order chi connectivity index (χ0) is 19.2. The van der Waals surface area contributed by atoms with Gasteiger partial charge in [-0.05, 0) is 49.4 Å². The summed E-state index contributed by atoms with van der Waals surface area (Å²) in [5.74, 6) is 1.06. The molecule has 1 saturated heterocycles. The molecular formula is C20H23Cl2N5. The van der Waals surface area contributed by atoms with Crippen molar-refractivity contribution in [2.75, 3.05) is 24.5 Å². The van der Waals surface area contributed by atoms with Crippen LogP contribution in [0.15, 0.2) is 30.6 Å². The molecule has 1 aromatic carbocycles. The predicted molar refractivity (Wildman–Crippen MR) is 112 cm³/mol. The normalized spacial score (nSPS) is 16.9. The predicted octanol–water partition coefficient (Wildman–Crippen LogP) is 4.58. The quantitative estimate of drug-likeness (QED) is 0.695. The smallest absolute Gasteiger partial charge is 0.165 e. The first-order chi connectivity index (χ1) is 12.9. The summed E-state index contributed by atoms with van der Waals surface area (Å²) in [6.45, 7) is 6.99. The lowest BCUT2D eigenvalue weighted by Crippen LogP contribution is -2.43. The monoisotopic (exact) mass is 403 g/mol. The van der Waals surface area contributed by atoms with Crippen molar-refractivity contribution in [3.63, 3.8) is 0 Å². The molecule has 3 heterocycles. The van der Waals surface area contributed by atoms with Gasteiger partial charge in [-0.2, -0.15) is 9.61 Å². The van der Waals surface area contributed by atoms with Crippen LogP contribution in [0.2, 0.25) is 10.0 Å². The Morgan fingerprint density at radius 1 is 1.22 bits per heavy atom. The lowest BCUT2D eigenvalue weighted by molar-refractivity contribution is 0.257. The van der Waals surface area contributed by atoms with Crippen molar-refractivity contribution in [3.05, 3.63) is 46.2 Å². The third-order valence-electron chi connectivity index (χ3n) is 5.74. The molecule has 142 valence electrons. The molecule has 27 heavy (non-hydrogen) atoms. The molecule has 7 heteroatoms. The van der Waals surface area contributed by atoms with Crippen LogP contribution < -0.4 is 10.6 Å². The molecule has 3 aromatic rings. The van der Waals surface area contributed by atoms with E-state index in [2.05, 4.69) is 34.9 Å². The van der Waals surface area contributed by atoms with Gasteiger partial charge in [0.2, 0.25) is 0 Å². The molecule has 0 spiro atoms. The maximum Gasteiger partial charge on any atom is 0.165 e. The summed E-state index contributed by atoms with van der Waals surface area (Å²) in [5.41, 5.74) is 9.92. The third-order valence-corrected chi connectivity index (χ3v) is 6.56. The van der Waals surface area contributed by atoms with Crippen molar-refractivity contribution in [3.8, 4) is 11.1 Å². The highest BCUT2D eigenvalue weighted by Crippen LogP contribution is 2.39. The van der Waals surface area contributed by atoms with E-state index in [1.165, 1.54) is 0 Å². The number of pyridine rings is 1. The Labute approximate surface area is 169 Å². The zero-order valence-electron chi connectivity index (χ0n) is 15.5. The molecule has 5 nitrogen and oxygen atoms in total. The first-order valence-electron chi connectivity index (χ1n) is 9.16. The molecule has 2 N–H and O–H groups in total. The highest BCUT2D eigenvalue weighted by molar-refractivity contribution is 6.43. The summed E-state index contributed by atoms with van der Waals surface area (Å²) in [4.78, 5) is 6.90. The molecular weight excluding hydrogens is 381 g/mol. The van der Waals surface area contributed by atoms with E-state index < -0.39 is 0 Å². The second-order valence-electron chi connectivity index (χ2n) is 7.66. The molecule has 4 rings (SSSR count). The lowest BCUT2D eigenvalue weighted by atomic mass is 9.80. The standard InChI is InChI=1S/C20H23Cl2N5/c1-13-10-16(26-8-6-20(2,11-23)7-9-26)27-19(24-12-25-27)17(13)14-4-3-5-15(21)18(14)22/h3-5,10,12H,6-9,11,23H2,1-2H3. The van der Waals surface area contributed by atoms with Crippen LogP contribution in [0.25, 0.3) is 16.8 Å². The number of rotatable bonds is 3. The maximum absolute atomic E-state index is 6.49. The number of nitrogens with two attached hydrogens (primary N) is 1. The molecule has 1 aliphatic heterocycles. The zero-order valence-corrected chi connectivity index (χ0v) is 17.1. The number of hydrogen-bond donors (Lipinski definition) is 1. The summed E-state index contributed by atoms with van der Waals surface area (Å²) in [6, 6.07) is 7.83. The summed E-state index contributed by atoms with van der Waals surface area (Å²) < 4.78 is 1.91. The van der Waals surface area contributed by atoms with Gasteiger partial charge >= 0.3 is 0 Å². The van der Waals surface area contributed by atoms with Crippen molar-refractivity contribution in [1.82, 2.24) is 14.6 Å². The van der Waals surface area contributed by atoms with Crippen molar-refractivity contribution in [2.45, 2.75) is 26.7 Å². The van der Waals surface area contributed by atoms with Crippen LogP contribution in [0.5, 0.6) is 0 Å². The molecule has 0 aliphatic carbocycles. The number of benzene rings is 1. The largest absolute Gasteiger partial charge is 0.356 e. The van der Waals surface area contributed by atoms with Gasteiger partial charge in [-0.1, -0.05) is 42.3 Å². The molecule has 0 unspecified atom stereocenters. The Morgan fingerprint density at radius 3 is 2.67 bits per heavy atom. The minimum atomic E-state index is 0.223. The van der Waals surface area contributed by atoms with E-state index in [9.17, 15) is 0 Å². The van der Waals surface area contributed by atoms with Gasteiger partial charge in [-0.3, -0.25) is 0 Å². The summed E-state index contributed by atoms with van der Waals surface area (Å²) in [5, 5.41) is 5.57. The molecule has 1 aliphatic rings. The summed E-state index contributed by atoms with van der Waals surface area (Å²) >= 11 is 12.7. The van der Waals surface area contributed by atoms with Gasteiger partial charge in [-0.25, -0.2) is 4.98 Å². The summed E-state index contributed by atoms with van der Waals surface area (Å²) in [6.07, 6.45) is 3.73. The fourth-order valence-corrected chi connectivity index (χ4v) is 4.21. The fraction of sp³-hybridized carbons (Fsp3) is 0.400. The average molecular weight is 404 g/mol. The van der Waals surface area contributed by atoms with Gasteiger partial charge in [0.1, 0.15) is 12.1 Å². The Hall–Kier alpha value is -1.82. The molecule has 0 amide bonds. The molecule has 0 atom stereocenters. The van der Waals surface area contributed by atoms with E-state index >= 15 is 0 Å². The highest BCUT2D eigenvalue weighted by Gasteiger charge is 2.30. The highest BCUT2D eigenvalue weighted by atomic mass is 35.5. The van der Waals surface area contributed by atoms with Crippen LogP contribution in [0.1, 0.15) is 25.3 Å². The van der Waals surface area contributed by atoms with Crippen LogP contribution in [0, 0.1) is 12.3 Å². The van der Waals surface area contributed by atoms with E-state index in [0.29, 0.717) is 10.0 Å². The number of piperidine rings is 1. The number of aromatic nitrogens is 3. The fourth-order valence-electron chi connectivity index (χ4n) is 3.82. The van der Waals surface area contributed by atoms with E-state index in [-0.39, 0.29) is 5.41 Å². The van der Waals surface area contributed by atoms with Crippen LogP contribution in [0.4, 0.5) is 5.82 Å². The number of aryl methyl sites for hydroxylation is 1. The van der Waals surface area contributed by atoms with Gasteiger partial charge in [0.25, 0.3) is 0 Å². The molecule has 2 aromatic heterocycles. The number of nitrogens with zero attached hydrogens (tertiary/aromatic N) is 4. The maximum atomic E-state index is 6.49. The Morgan fingerprint density at radius 2 is 1.96 bits per heavy atom. The first kappa shape index (κ1) is 18.5. The van der Waals surface area contributed by atoms with E-state index in [0.717, 1.165) is 60.6 Å². The number of hydrogen-bond acceptors (Lipinski definition) is 4. The van der Waals surface area contributed by atoms with Crippen molar-refractivity contribution < 1.29 is 0 Å². The minimum Gasteiger partial charge on any atom is -0.356 e. The first-order valence-corrected chi connectivity index (χ1v) is 9.92. The van der Waals surface area contributed by atoms with Gasteiger partial charge in [-0.15, -0.1) is 0 Å². The SMILES string of the molecule is Cc1cc(N2CCC(C)(CN)CC2)n2ncnc2c1-c1cccc(Cl)c1Cl. The number of halogens is 2. The Balaban J connectivity index is 1.81.